The summed E-state index contributed by atoms with van der Waals surface area (Å²) < 4.78 is 8.87. The molecule has 6 rings (SSSR count). The van der Waals surface area contributed by atoms with Gasteiger partial charge in [-0.15, -0.1) is 5.10 Å². The lowest BCUT2D eigenvalue weighted by molar-refractivity contribution is -0.385. The van der Waals surface area contributed by atoms with E-state index in [1.54, 1.807) is 36.0 Å². The molecule has 3 aromatic heterocycles. The lowest BCUT2D eigenvalue weighted by Gasteiger charge is -2.18. The van der Waals surface area contributed by atoms with Gasteiger partial charge in [0, 0.05) is 29.0 Å². The summed E-state index contributed by atoms with van der Waals surface area (Å²) in [5.74, 6) is 0.662. The van der Waals surface area contributed by atoms with Crippen LogP contribution in [-0.4, -0.2) is 35.9 Å². The van der Waals surface area contributed by atoms with Gasteiger partial charge in [-0.1, -0.05) is 74.6 Å². The molecule has 216 valence electrons. The summed E-state index contributed by atoms with van der Waals surface area (Å²) in [5, 5.41) is 21.1. The van der Waals surface area contributed by atoms with Gasteiger partial charge < -0.3 is 4.74 Å². The number of rotatable bonds is 7. The van der Waals surface area contributed by atoms with Gasteiger partial charge >= 0.3 is 5.69 Å². The molecule has 0 radical (unpaired) electrons. The summed E-state index contributed by atoms with van der Waals surface area (Å²) in [5.41, 5.74) is 4.00. The first-order valence-electron chi connectivity index (χ1n) is 13.7. The lowest BCUT2D eigenvalue weighted by Crippen LogP contribution is -2.23. The number of para-hydroxylation sites is 1. The van der Waals surface area contributed by atoms with Crippen molar-refractivity contribution in [2.45, 2.75) is 33.1 Å². The number of nitro groups is 1. The van der Waals surface area contributed by atoms with Gasteiger partial charge in [-0.2, -0.15) is 14.6 Å². The Morgan fingerprint density at radius 3 is 2.37 bits per heavy atom. The molecule has 0 unspecified atom stereocenters. The van der Waals surface area contributed by atoms with Gasteiger partial charge in [-0.25, -0.2) is 4.68 Å². The van der Waals surface area contributed by atoms with Gasteiger partial charge in [0.2, 0.25) is 4.96 Å². The molecule has 0 amide bonds. The summed E-state index contributed by atoms with van der Waals surface area (Å²) in [7, 11) is 0. The van der Waals surface area contributed by atoms with Crippen LogP contribution >= 0.6 is 11.3 Å². The quantitative estimate of drug-likeness (QED) is 0.169. The number of thiazole rings is 1. The Balaban J connectivity index is 1.45. The van der Waals surface area contributed by atoms with E-state index in [0.29, 0.717) is 38.7 Å². The Kier molecular flexibility index (Phi) is 7.10. The Morgan fingerprint density at radius 2 is 1.72 bits per heavy atom. The molecule has 0 bridgehead atoms. The van der Waals surface area contributed by atoms with Crippen LogP contribution in [-0.2, 0) is 5.41 Å². The van der Waals surface area contributed by atoms with E-state index in [9.17, 15) is 14.9 Å². The highest BCUT2D eigenvalue weighted by Gasteiger charge is 2.21. The third-order valence-electron chi connectivity index (χ3n) is 6.97. The zero-order chi connectivity index (χ0) is 30.3. The van der Waals surface area contributed by atoms with Crippen molar-refractivity contribution in [3.8, 4) is 34.1 Å². The normalized spacial score (nSPS) is 12.2. The van der Waals surface area contributed by atoms with Gasteiger partial charge in [-0.3, -0.25) is 14.9 Å². The van der Waals surface area contributed by atoms with E-state index in [-0.39, 0.29) is 22.4 Å². The maximum atomic E-state index is 13.5. The number of ether oxygens (including phenoxy) is 1. The van der Waals surface area contributed by atoms with Crippen LogP contribution in [0.25, 0.3) is 39.4 Å². The minimum Gasteiger partial charge on any atom is -0.487 e. The Hall–Kier alpha value is -5.16. The molecule has 0 atom stereocenters. The highest BCUT2D eigenvalue weighted by atomic mass is 32.1. The molecule has 0 spiro atoms. The maximum absolute atomic E-state index is 13.5. The van der Waals surface area contributed by atoms with Crippen LogP contribution in [0, 0.1) is 10.1 Å². The van der Waals surface area contributed by atoms with E-state index >= 15 is 0 Å². The van der Waals surface area contributed by atoms with Crippen LogP contribution in [0.15, 0.2) is 83.8 Å². The van der Waals surface area contributed by atoms with Crippen molar-refractivity contribution in [3.05, 3.63) is 115 Å². The van der Waals surface area contributed by atoms with Gasteiger partial charge in [0.25, 0.3) is 5.56 Å². The summed E-state index contributed by atoms with van der Waals surface area (Å²) in [6.45, 7) is 8.53. The zero-order valence-electron chi connectivity index (χ0n) is 24.0. The standard InChI is InChI=1S/C32H28N6O4S/c1-5-42-26-16-13-21(17-25(26)38(40)41)28-22(19-36(34-28)24-9-7-6-8-10-24)18-27-30(39)37-31(43-27)33-29(35-37)20-11-14-23(15-12-20)32(2,3)4/h6-19H,5H2,1-4H3/b27-18-. The molecular weight excluding hydrogens is 564 g/mol. The van der Waals surface area contributed by atoms with E-state index in [0.717, 1.165) is 11.3 Å². The fraction of sp³-hybridized carbons (Fsp3) is 0.188. The predicted octanol–water partition coefficient (Wildman–Crippen LogP) is 5.82. The number of hydrogen-bond donors (Lipinski definition) is 0. The summed E-state index contributed by atoms with van der Waals surface area (Å²) in [6, 6.07) is 22.3. The minimum atomic E-state index is -0.476. The Morgan fingerprint density at radius 1 is 1.00 bits per heavy atom. The molecule has 0 aliphatic carbocycles. The first-order valence-corrected chi connectivity index (χ1v) is 14.5. The molecule has 11 heteroatoms. The van der Waals surface area contributed by atoms with Crippen molar-refractivity contribution in [2.24, 2.45) is 0 Å². The zero-order valence-corrected chi connectivity index (χ0v) is 24.8. The first-order chi connectivity index (χ1) is 20.6. The Labute approximate surface area is 250 Å². The molecule has 3 aromatic carbocycles. The van der Waals surface area contributed by atoms with Gasteiger partial charge in [0.05, 0.1) is 21.7 Å². The molecule has 0 fully saturated rings. The monoisotopic (exact) mass is 592 g/mol. The van der Waals surface area contributed by atoms with E-state index < -0.39 is 4.92 Å². The number of aromatic nitrogens is 5. The van der Waals surface area contributed by atoms with Crippen LogP contribution in [0.4, 0.5) is 5.69 Å². The van der Waals surface area contributed by atoms with E-state index in [2.05, 4.69) is 43.0 Å². The maximum Gasteiger partial charge on any atom is 0.311 e. The smallest absolute Gasteiger partial charge is 0.311 e. The molecular formula is C32H28N6O4S. The Bertz CT molecular complexity index is 2070. The topological polar surface area (TPSA) is 117 Å². The molecule has 0 aliphatic heterocycles. The van der Waals surface area contributed by atoms with E-state index in [4.69, 9.17) is 9.84 Å². The molecule has 0 aliphatic rings. The number of benzene rings is 3. The number of nitrogens with zero attached hydrogens (tertiary/aromatic N) is 6. The predicted molar refractivity (Wildman–Crippen MR) is 167 cm³/mol. The van der Waals surface area contributed by atoms with Crippen molar-refractivity contribution in [3.63, 3.8) is 0 Å². The van der Waals surface area contributed by atoms with Crippen molar-refractivity contribution in [2.75, 3.05) is 6.61 Å². The molecule has 6 aromatic rings. The minimum absolute atomic E-state index is 0.0246. The second kappa shape index (κ2) is 10.9. The molecule has 10 nitrogen and oxygen atoms in total. The second-order valence-electron chi connectivity index (χ2n) is 11.0. The summed E-state index contributed by atoms with van der Waals surface area (Å²) >= 11 is 1.22. The average Bonchev–Trinajstić information content (AvgIpc) is 3.68. The van der Waals surface area contributed by atoms with Crippen LogP contribution in [0.3, 0.4) is 0 Å². The van der Waals surface area contributed by atoms with E-state index in [1.807, 2.05) is 42.5 Å². The van der Waals surface area contributed by atoms with Gasteiger partial charge in [-0.05, 0) is 48.2 Å². The molecule has 0 N–H and O–H groups in total. The second-order valence-corrected chi connectivity index (χ2v) is 12.0. The fourth-order valence-electron chi connectivity index (χ4n) is 4.73. The third-order valence-corrected chi connectivity index (χ3v) is 7.93. The summed E-state index contributed by atoms with van der Waals surface area (Å²) in [6.07, 6.45) is 3.52. The fourth-order valence-corrected chi connectivity index (χ4v) is 5.63. The van der Waals surface area contributed by atoms with Crippen LogP contribution < -0.4 is 14.8 Å². The average molecular weight is 593 g/mol. The van der Waals surface area contributed by atoms with Gasteiger partial charge in [0.1, 0.15) is 5.69 Å². The summed E-state index contributed by atoms with van der Waals surface area (Å²) in [4.78, 5) is 29.9. The molecule has 3 heterocycles. The SMILES string of the molecule is CCOc1ccc(-c2nn(-c3ccccc3)cc2/C=c2\sc3nc(-c4ccc(C(C)(C)C)cc4)nn3c2=O)cc1[N+](=O)[O-]. The molecule has 0 saturated heterocycles. The number of hydrogen-bond acceptors (Lipinski definition) is 8. The largest absolute Gasteiger partial charge is 0.487 e. The highest BCUT2D eigenvalue weighted by molar-refractivity contribution is 7.15. The van der Waals surface area contributed by atoms with Gasteiger partial charge in [0.15, 0.2) is 11.6 Å². The molecule has 43 heavy (non-hydrogen) atoms. The van der Waals surface area contributed by atoms with Crippen molar-refractivity contribution >= 4 is 28.1 Å². The van der Waals surface area contributed by atoms with Crippen LogP contribution in [0.1, 0.15) is 38.8 Å². The van der Waals surface area contributed by atoms with Crippen LogP contribution in [0.2, 0.25) is 0 Å². The van der Waals surface area contributed by atoms with E-state index in [1.165, 1.54) is 27.5 Å². The van der Waals surface area contributed by atoms with Crippen LogP contribution in [0.5, 0.6) is 5.75 Å². The highest BCUT2D eigenvalue weighted by Crippen LogP contribution is 2.34. The lowest BCUT2D eigenvalue weighted by atomic mass is 9.87. The number of fused-ring (bicyclic) bond motifs is 1. The first kappa shape index (κ1) is 28.0. The molecule has 0 saturated carbocycles. The van der Waals surface area contributed by atoms with Crippen molar-refractivity contribution in [1.82, 2.24) is 24.4 Å². The van der Waals surface area contributed by atoms with Crippen molar-refractivity contribution < 1.29 is 9.66 Å². The van der Waals surface area contributed by atoms with Crippen molar-refractivity contribution in [1.29, 1.82) is 0 Å². The number of nitro benzene ring substituents is 1. The third kappa shape index (κ3) is 5.42.